The zero-order chi connectivity index (χ0) is 12.6. The van der Waals surface area contributed by atoms with Gasteiger partial charge in [0.15, 0.2) is 0 Å². The molecule has 4 nitrogen and oxygen atoms in total. The number of benzene rings is 1. The predicted octanol–water partition coefficient (Wildman–Crippen LogP) is 1.06. The van der Waals surface area contributed by atoms with E-state index in [2.05, 4.69) is 0 Å². The molecule has 0 radical (unpaired) electrons. The molecule has 2 rings (SSSR count). The van der Waals surface area contributed by atoms with Gasteiger partial charge in [0.25, 0.3) is 0 Å². The minimum atomic E-state index is -3.39. The van der Waals surface area contributed by atoms with Crippen LogP contribution in [0.3, 0.4) is 0 Å². The summed E-state index contributed by atoms with van der Waals surface area (Å²) in [5.41, 5.74) is 1.06. The summed E-state index contributed by atoms with van der Waals surface area (Å²) in [6.07, 6.45) is 1.65. The van der Waals surface area contributed by atoms with Crippen LogP contribution in [-0.2, 0) is 10.0 Å². The Hall–Kier alpha value is -1.36. The van der Waals surface area contributed by atoms with Crippen molar-refractivity contribution in [1.29, 1.82) is 0 Å². The first kappa shape index (κ1) is 12.1. The topological polar surface area (TPSA) is 40.4 Å². The van der Waals surface area contributed by atoms with E-state index in [0.29, 0.717) is 11.4 Å². The quantitative estimate of drug-likeness (QED) is 0.739. The van der Waals surface area contributed by atoms with E-state index in [-0.39, 0.29) is 6.04 Å². The molecule has 1 aliphatic rings. The van der Waals surface area contributed by atoms with Gasteiger partial charge in [0, 0.05) is 0 Å². The van der Waals surface area contributed by atoms with Crippen LogP contribution in [-0.4, -0.2) is 43.3 Å². The Morgan fingerprint density at radius 1 is 1.29 bits per heavy atom. The van der Waals surface area contributed by atoms with Crippen molar-refractivity contribution in [3.63, 3.8) is 0 Å². The number of hydrogen-bond donors (Lipinski definition) is 0. The maximum Gasteiger partial charge on any atom is 0.330 e. The molecule has 0 saturated carbocycles. The van der Waals surface area contributed by atoms with E-state index in [1.165, 1.54) is 4.31 Å². The zero-order valence-electron chi connectivity index (χ0n) is 10.3. The molecule has 1 atom stereocenters. The number of likely N-dealkylation sites (N-methyl/N-ethyl adjacent to an activating group) is 1. The molecule has 1 heterocycles. The highest BCUT2D eigenvalue weighted by atomic mass is 32.2. The van der Waals surface area contributed by atoms with Crippen LogP contribution in [0, 0.1) is 6.92 Å². The summed E-state index contributed by atoms with van der Waals surface area (Å²) < 4.78 is 27.9. The summed E-state index contributed by atoms with van der Waals surface area (Å²) in [6, 6.07) is 7.16. The lowest BCUT2D eigenvalue weighted by Crippen LogP contribution is -2.29. The summed E-state index contributed by atoms with van der Waals surface area (Å²) in [5.74, 6) is 0. The van der Waals surface area contributed by atoms with E-state index in [1.807, 2.05) is 37.6 Å². The molecule has 0 saturated heterocycles. The molecule has 5 heteroatoms. The Morgan fingerprint density at radius 3 is 2.35 bits per heavy atom. The van der Waals surface area contributed by atoms with Crippen molar-refractivity contribution >= 4 is 16.4 Å². The average molecular weight is 253 g/mol. The van der Waals surface area contributed by atoms with Crippen LogP contribution in [0.1, 0.15) is 12.5 Å². The molecule has 0 bridgehead atoms. The Bertz CT molecular complexity index is 546. The summed E-state index contributed by atoms with van der Waals surface area (Å²) in [5, 5.41) is 0. The fraction of sp³-hybridized carbons (Fsp3) is 0.417. The standard InChI is InChI=1S/C12H17N2O2S/c1-10-4-6-12(7-5-10)17(15,16)14-8-11(2)13(3)9-14/h4-7,9,11H,8H2,1-3H3/q+1. The van der Waals surface area contributed by atoms with Crippen LogP contribution in [0.2, 0.25) is 0 Å². The number of aryl methyl sites for hydroxylation is 1. The molecule has 0 aromatic heterocycles. The first-order valence-corrected chi connectivity index (χ1v) is 7.01. The molecule has 17 heavy (non-hydrogen) atoms. The van der Waals surface area contributed by atoms with Gasteiger partial charge in [-0.3, -0.25) is 4.58 Å². The molecule has 0 aliphatic carbocycles. The number of nitrogens with zero attached hydrogens (tertiary/aromatic N) is 2. The van der Waals surface area contributed by atoms with Crippen LogP contribution in [0.25, 0.3) is 0 Å². The van der Waals surface area contributed by atoms with Gasteiger partial charge in [-0.15, -0.1) is 0 Å². The molecule has 0 N–H and O–H groups in total. The largest absolute Gasteiger partial charge is 0.330 e. The third kappa shape index (κ3) is 2.20. The van der Waals surface area contributed by atoms with Crippen LogP contribution < -0.4 is 0 Å². The van der Waals surface area contributed by atoms with Gasteiger partial charge >= 0.3 is 10.0 Å². The zero-order valence-corrected chi connectivity index (χ0v) is 11.1. The molecule has 0 spiro atoms. The van der Waals surface area contributed by atoms with Gasteiger partial charge in [-0.2, -0.15) is 12.7 Å². The first-order valence-electron chi connectivity index (χ1n) is 5.57. The molecule has 0 fully saturated rings. The maximum atomic E-state index is 12.3. The van der Waals surface area contributed by atoms with E-state index in [0.717, 1.165) is 5.56 Å². The molecular formula is C12H17N2O2S+. The second-order valence-corrected chi connectivity index (χ2v) is 6.41. The average Bonchev–Trinajstić information content (AvgIpc) is 2.60. The van der Waals surface area contributed by atoms with Gasteiger partial charge in [-0.25, -0.2) is 0 Å². The summed E-state index contributed by atoms with van der Waals surface area (Å²) in [7, 11) is -1.50. The van der Waals surface area contributed by atoms with Crippen LogP contribution in [0.4, 0.5) is 0 Å². The van der Waals surface area contributed by atoms with Crippen molar-refractivity contribution in [3.05, 3.63) is 29.8 Å². The van der Waals surface area contributed by atoms with Crippen molar-refractivity contribution in [1.82, 2.24) is 4.31 Å². The van der Waals surface area contributed by atoms with Crippen LogP contribution >= 0.6 is 0 Å². The molecule has 1 aliphatic heterocycles. The van der Waals surface area contributed by atoms with Gasteiger partial charge in [-0.05, 0) is 26.0 Å². The van der Waals surface area contributed by atoms with Crippen molar-refractivity contribution in [2.24, 2.45) is 0 Å². The molecule has 92 valence electrons. The minimum absolute atomic E-state index is 0.218. The third-order valence-corrected chi connectivity index (χ3v) is 4.81. The van der Waals surface area contributed by atoms with Crippen LogP contribution in [0.5, 0.6) is 0 Å². The maximum absolute atomic E-state index is 12.3. The molecular weight excluding hydrogens is 236 g/mol. The third-order valence-electron chi connectivity index (χ3n) is 3.08. The van der Waals surface area contributed by atoms with Gasteiger partial charge < -0.3 is 0 Å². The highest BCUT2D eigenvalue weighted by Crippen LogP contribution is 2.17. The lowest BCUT2D eigenvalue weighted by molar-refractivity contribution is -0.518. The van der Waals surface area contributed by atoms with Crippen molar-refractivity contribution in [3.8, 4) is 0 Å². The molecule has 1 aromatic carbocycles. The smallest absolute Gasteiger partial charge is 0.264 e. The van der Waals surface area contributed by atoms with Crippen molar-refractivity contribution in [2.75, 3.05) is 13.6 Å². The summed E-state index contributed by atoms with van der Waals surface area (Å²) >= 11 is 0. The number of rotatable bonds is 2. The first-order chi connectivity index (χ1) is 7.91. The van der Waals surface area contributed by atoms with Gasteiger partial charge in [0.2, 0.25) is 6.34 Å². The molecule has 0 amide bonds. The molecule has 1 unspecified atom stereocenters. The van der Waals surface area contributed by atoms with Gasteiger partial charge in [-0.1, -0.05) is 17.7 Å². The van der Waals surface area contributed by atoms with E-state index >= 15 is 0 Å². The SMILES string of the molecule is Cc1ccc(S(=O)(=O)N2C=[N+](C)C(C)C2)cc1. The Kier molecular flexibility index (Phi) is 2.95. The predicted molar refractivity (Wildman–Crippen MR) is 66.8 cm³/mol. The highest BCUT2D eigenvalue weighted by Gasteiger charge is 2.35. The van der Waals surface area contributed by atoms with E-state index < -0.39 is 10.0 Å². The lowest BCUT2D eigenvalue weighted by Gasteiger charge is -2.08. The lowest BCUT2D eigenvalue weighted by atomic mass is 10.2. The fourth-order valence-corrected chi connectivity index (χ4v) is 3.19. The Morgan fingerprint density at radius 2 is 1.88 bits per heavy atom. The van der Waals surface area contributed by atoms with Gasteiger partial charge in [0.1, 0.15) is 17.5 Å². The Labute approximate surface area is 102 Å². The highest BCUT2D eigenvalue weighted by molar-refractivity contribution is 7.89. The summed E-state index contributed by atoms with van der Waals surface area (Å²) in [4.78, 5) is 0.349. The normalized spacial score (nSPS) is 20.5. The second kappa shape index (κ2) is 4.14. The Balaban J connectivity index is 2.35. The van der Waals surface area contributed by atoms with Crippen molar-refractivity contribution < 1.29 is 13.0 Å². The van der Waals surface area contributed by atoms with E-state index in [9.17, 15) is 8.42 Å². The van der Waals surface area contributed by atoms with Gasteiger partial charge in [0.05, 0.1) is 7.05 Å². The number of hydrogen-bond acceptors (Lipinski definition) is 2. The summed E-state index contributed by atoms with van der Waals surface area (Å²) in [6.45, 7) is 4.45. The van der Waals surface area contributed by atoms with E-state index in [4.69, 9.17) is 0 Å². The number of sulfonamides is 1. The fourth-order valence-electron chi connectivity index (χ4n) is 1.76. The second-order valence-electron chi connectivity index (χ2n) is 4.52. The minimum Gasteiger partial charge on any atom is -0.264 e. The van der Waals surface area contributed by atoms with Crippen LogP contribution in [0.15, 0.2) is 29.2 Å². The van der Waals surface area contributed by atoms with Crippen molar-refractivity contribution in [2.45, 2.75) is 24.8 Å². The monoisotopic (exact) mass is 253 g/mol. The molecule has 1 aromatic rings. The van der Waals surface area contributed by atoms with E-state index in [1.54, 1.807) is 18.5 Å².